The predicted octanol–water partition coefficient (Wildman–Crippen LogP) is 1.31. The fourth-order valence-corrected chi connectivity index (χ4v) is 2.08. The van der Waals surface area contributed by atoms with Crippen LogP contribution in [-0.4, -0.2) is 36.4 Å². The molecule has 1 heterocycles. The minimum Gasteiger partial charge on any atom is -0.384 e. The zero-order valence-corrected chi connectivity index (χ0v) is 10.6. The van der Waals surface area contributed by atoms with Crippen LogP contribution in [0.15, 0.2) is 24.3 Å². The third-order valence-corrected chi connectivity index (χ3v) is 3.24. The summed E-state index contributed by atoms with van der Waals surface area (Å²) in [5.41, 5.74) is 1.89. The van der Waals surface area contributed by atoms with E-state index in [1.165, 1.54) is 0 Å². The predicted molar refractivity (Wildman–Crippen MR) is 67.2 cm³/mol. The molecular weight excluding hydrogens is 273 g/mol. The SMILES string of the molecule is O=C(NCC(O)C(F)(F)F)C1CNc2ccccc2C1. The van der Waals surface area contributed by atoms with Gasteiger partial charge in [-0.15, -0.1) is 0 Å². The largest absolute Gasteiger partial charge is 0.416 e. The number of hydrogen-bond donors (Lipinski definition) is 3. The summed E-state index contributed by atoms with van der Waals surface area (Å²) in [6.07, 6.45) is -6.78. The van der Waals surface area contributed by atoms with Crippen LogP contribution in [0.4, 0.5) is 18.9 Å². The van der Waals surface area contributed by atoms with Gasteiger partial charge in [0, 0.05) is 12.2 Å². The van der Waals surface area contributed by atoms with Crippen molar-refractivity contribution >= 4 is 11.6 Å². The highest BCUT2D eigenvalue weighted by Gasteiger charge is 2.38. The summed E-state index contributed by atoms with van der Waals surface area (Å²) < 4.78 is 36.4. The lowest BCUT2D eigenvalue weighted by Gasteiger charge is -2.26. The molecule has 0 radical (unpaired) electrons. The second-order valence-corrected chi connectivity index (χ2v) is 4.74. The maximum Gasteiger partial charge on any atom is 0.416 e. The fourth-order valence-electron chi connectivity index (χ4n) is 2.08. The number of alkyl halides is 3. The first-order valence-electron chi connectivity index (χ1n) is 6.22. The average Bonchev–Trinajstić information content (AvgIpc) is 2.42. The van der Waals surface area contributed by atoms with Crippen LogP contribution in [0.3, 0.4) is 0 Å². The maximum atomic E-state index is 12.1. The summed E-state index contributed by atoms with van der Waals surface area (Å²) in [5.74, 6) is -0.930. The number of amides is 1. The van der Waals surface area contributed by atoms with Crippen molar-refractivity contribution in [1.82, 2.24) is 5.32 Å². The molecule has 1 aliphatic heterocycles. The van der Waals surface area contributed by atoms with Gasteiger partial charge in [-0.3, -0.25) is 4.79 Å². The average molecular weight is 288 g/mol. The number of hydrogen-bond acceptors (Lipinski definition) is 3. The van der Waals surface area contributed by atoms with Gasteiger partial charge in [0.2, 0.25) is 5.91 Å². The molecule has 2 unspecified atom stereocenters. The van der Waals surface area contributed by atoms with Crippen molar-refractivity contribution < 1.29 is 23.1 Å². The van der Waals surface area contributed by atoms with Crippen molar-refractivity contribution in [1.29, 1.82) is 0 Å². The van der Waals surface area contributed by atoms with E-state index in [-0.39, 0.29) is 0 Å². The van der Waals surface area contributed by atoms with E-state index in [0.717, 1.165) is 11.3 Å². The Morgan fingerprint density at radius 2 is 2.15 bits per heavy atom. The van der Waals surface area contributed by atoms with Crippen molar-refractivity contribution in [2.45, 2.75) is 18.7 Å². The molecule has 0 fully saturated rings. The van der Waals surface area contributed by atoms with E-state index >= 15 is 0 Å². The Bertz CT molecular complexity index is 491. The molecule has 1 amide bonds. The number of fused-ring (bicyclic) bond motifs is 1. The van der Waals surface area contributed by atoms with Crippen LogP contribution in [0, 0.1) is 5.92 Å². The Morgan fingerprint density at radius 3 is 2.85 bits per heavy atom. The van der Waals surface area contributed by atoms with Crippen molar-refractivity contribution in [3.63, 3.8) is 0 Å². The number of carbonyl (C=O) groups is 1. The molecule has 0 saturated carbocycles. The minimum atomic E-state index is -4.72. The number of anilines is 1. The summed E-state index contributed by atoms with van der Waals surface area (Å²) in [7, 11) is 0. The Hall–Kier alpha value is -1.76. The van der Waals surface area contributed by atoms with Crippen molar-refractivity contribution in [2.75, 3.05) is 18.4 Å². The van der Waals surface area contributed by atoms with Gasteiger partial charge < -0.3 is 15.7 Å². The van der Waals surface area contributed by atoms with E-state index in [2.05, 4.69) is 10.6 Å². The lowest BCUT2D eigenvalue weighted by molar-refractivity contribution is -0.201. The monoisotopic (exact) mass is 288 g/mol. The standard InChI is InChI=1S/C13H15F3N2O2/c14-13(15,16)11(19)7-18-12(20)9-5-8-3-1-2-4-10(8)17-6-9/h1-4,9,11,17,19H,5-7H2,(H,18,20). The van der Waals surface area contributed by atoms with Gasteiger partial charge in [-0.2, -0.15) is 13.2 Å². The molecule has 4 nitrogen and oxygen atoms in total. The van der Waals surface area contributed by atoms with Crippen LogP contribution in [0.5, 0.6) is 0 Å². The van der Waals surface area contributed by atoms with E-state index in [1.54, 1.807) is 0 Å². The molecule has 7 heteroatoms. The highest BCUT2D eigenvalue weighted by atomic mass is 19.4. The number of halogens is 3. The van der Waals surface area contributed by atoms with Crippen molar-refractivity contribution in [3.05, 3.63) is 29.8 Å². The Kier molecular flexibility index (Phi) is 4.17. The first-order chi connectivity index (χ1) is 9.38. The third-order valence-electron chi connectivity index (χ3n) is 3.24. The lowest BCUT2D eigenvalue weighted by Crippen LogP contribution is -2.45. The summed E-state index contributed by atoms with van der Waals surface area (Å²) >= 11 is 0. The number of aliphatic hydroxyl groups is 1. The van der Waals surface area contributed by atoms with Gasteiger partial charge in [0.25, 0.3) is 0 Å². The topological polar surface area (TPSA) is 61.4 Å². The first-order valence-corrected chi connectivity index (χ1v) is 6.22. The quantitative estimate of drug-likeness (QED) is 0.786. The van der Waals surface area contributed by atoms with Crippen LogP contribution < -0.4 is 10.6 Å². The van der Waals surface area contributed by atoms with Gasteiger partial charge in [0.15, 0.2) is 6.10 Å². The Labute approximate surface area is 114 Å². The molecule has 0 bridgehead atoms. The number of benzene rings is 1. The molecular formula is C13H15F3N2O2. The van der Waals surface area contributed by atoms with E-state index in [4.69, 9.17) is 5.11 Å². The van der Waals surface area contributed by atoms with Crippen LogP contribution in [-0.2, 0) is 11.2 Å². The number of carbonyl (C=O) groups excluding carboxylic acids is 1. The molecule has 20 heavy (non-hydrogen) atoms. The molecule has 3 N–H and O–H groups in total. The van der Waals surface area contributed by atoms with Gasteiger partial charge in [-0.1, -0.05) is 18.2 Å². The molecule has 1 aromatic carbocycles. The van der Waals surface area contributed by atoms with Crippen molar-refractivity contribution in [3.8, 4) is 0 Å². The summed E-state index contributed by atoms with van der Waals surface area (Å²) in [5, 5.41) is 14.0. The molecule has 2 atom stereocenters. The third kappa shape index (κ3) is 3.41. The molecule has 2 rings (SSSR count). The van der Waals surface area contributed by atoms with Gasteiger partial charge in [-0.05, 0) is 18.1 Å². The van der Waals surface area contributed by atoms with E-state index in [0.29, 0.717) is 13.0 Å². The number of nitrogens with one attached hydrogen (secondary N) is 2. The summed E-state index contributed by atoms with van der Waals surface area (Å²) in [6.45, 7) is -0.453. The summed E-state index contributed by atoms with van der Waals surface area (Å²) in [4.78, 5) is 11.8. The zero-order valence-electron chi connectivity index (χ0n) is 10.6. The highest BCUT2D eigenvalue weighted by Crippen LogP contribution is 2.24. The van der Waals surface area contributed by atoms with Gasteiger partial charge in [-0.25, -0.2) is 0 Å². The van der Waals surface area contributed by atoms with Crippen LogP contribution in [0.1, 0.15) is 5.56 Å². The van der Waals surface area contributed by atoms with Crippen molar-refractivity contribution in [2.24, 2.45) is 5.92 Å². The van der Waals surface area contributed by atoms with Gasteiger partial charge in [0.05, 0.1) is 12.5 Å². The van der Waals surface area contributed by atoms with Crippen LogP contribution in [0.2, 0.25) is 0 Å². The number of rotatable bonds is 3. The lowest BCUT2D eigenvalue weighted by atomic mass is 9.93. The molecule has 0 aliphatic carbocycles. The molecule has 0 spiro atoms. The zero-order chi connectivity index (χ0) is 14.8. The van der Waals surface area contributed by atoms with E-state index in [1.807, 2.05) is 24.3 Å². The second kappa shape index (κ2) is 5.70. The second-order valence-electron chi connectivity index (χ2n) is 4.74. The molecule has 0 aromatic heterocycles. The number of aliphatic hydroxyl groups excluding tert-OH is 1. The van der Waals surface area contributed by atoms with E-state index < -0.39 is 30.7 Å². The van der Waals surface area contributed by atoms with E-state index in [9.17, 15) is 18.0 Å². The smallest absolute Gasteiger partial charge is 0.384 e. The Balaban J connectivity index is 1.89. The fraction of sp³-hybridized carbons (Fsp3) is 0.462. The van der Waals surface area contributed by atoms with Gasteiger partial charge >= 0.3 is 6.18 Å². The molecule has 110 valence electrons. The normalized spacial score (nSPS) is 19.7. The van der Waals surface area contributed by atoms with Crippen LogP contribution >= 0.6 is 0 Å². The first kappa shape index (κ1) is 14.6. The Morgan fingerprint density at radius 1 is 1.45 bits per heavy atom. The highest BCUT2D eigenvalue weighted by molar-refractivity contribution is 5.80. The molecule has 1 aliphatic rings. The van der Waals surface area contributed by atoms with Gasteiger partial charge in [0.1, 0.15) is 0 Å². The minimum absolute atomic E-state index is 0.366. The number of para-hydroxylation sites is 1. The van der Waals surface area contributed by atoms with Crippen LogP contribution in [0.25, 0.3) is 0 Å². The molecule has 0 saturated heterocycles. The summed E-state index contributed by atoms with van der Waals surface area (Å²) in [6, 6.07) is 7.46. The maximum absolute atomic E-state index is 12.1. The molecule has 1 aromatic rings.